The Labute approximate surface area is 135 Å². The van der Waals surface area contributed by atoms with E-state index in [0.717, 1.165) is 36.6 Å². The fourth-order valence-electron chi connectivity index (χ4n) is 3.05. The lowest BCUT2D eigenvalue weighted by molar-refractivity contribution is 0.319. The van der Waals surface area contributed by atoms with Crippen LogP contribution in [0, 0.1) is 0 Å². The number of furan rings is 1. The van der Waals surface area contributed by atoms with Gasteiger partial charge in [0.05, 0.1) is 24.8 Å². The van der Waals surface area contributed by atoms with Crippen LogP contribution in [-0.2, 0) is 0 Å². The standard InChI is InChI=1S/C20H19NO2/c1-2-8-23-19-11-14-5-3-4-6-17(14)18-10-16(12-21-20(18)19)15-7-9-22-13-15/h3-7,9-11,13,21H,2,8,12H2,1H3. The third-order valence-corrected chi connectivity index (χ3v) is 4.18. The molecule has 0 amide bonds. The summed E-state index contributed by atoms with van der Waals surface area (Å²) < 4.78 is 11.2. The fraction of sp³-hybridized carbons (Fsp3) is 0.200. The van der Waals surface area contributed by atoms with Gasteiger partial charge in [-0.05, 0) is 41.0 Å². The van der Waals surface area contributed by atoms with Crippen LogP contribution in [0.4, 0.5) is 5.69 Å². The molecule has 0 fully saturated rings. The normalized spacial score (nSPS) is 13.3. The van der Waals surface area contributed by atoms with Crippen molar-refractivity contribution in [3.05, 3.63) is 60.1 Å². The minimum absolute atomic E-state index is 0.727. The zero-order chi connectivity index (χ0) is 15.6. The Kier molecular flexibility index (Phi) is 3.54. The lowest BCUT2D eigenvalue weighted by Crippen LogP contribution is -2.12. The van der Waals surface area contributed by atoms with Gasteiger partial charge in [-0.1, -0.05) is 31.2 Å². The van der Waals surface area contributed by atoms with Crippen LogP contribution in [0.2, 0.25) is 0 Å². The molecule has 1 N–H and O–H groups in total. The van der Waals surface area contributed by atoms with Crippen molar-refractivity contribution < 1.29 is 9.15 Å². The Morgan fingerprint density at radius 2 is 2.13 bits per heavy atom. The van der Waals surface area contributed by atoms with Crippen molar-refractivity contribution in [3.8, 4) is 5.75 Å². The maximum absolute atomic E-state index is 5.98. The second kappa shape index (κ2) is 5.84. The van der Waals surface area contributed by atoms with Gasteiger partial charge in [0.2, 0.25) is 0 Å². The molecule has 0 saturated heterocycles. The molecule has 3 heteroatoms. The number of hydrogen-bond acceptors (Lipinski definition) is 3. The average Bonchev–Trinajstić information content (AvgIpc) is 3.14. The highest BCUT2D eigenvalue weighted by Crippen LogP contribution is 2.40. The van der Waals surface area contributed by atoms with Crippen LogP contribution in [0.15, 0.2) is 53.3 Å². The Bertz CT molecular complexity index is 863. The third-order valence-electron chi connectivity index (χ3n) is 4.18. The Morgan fingerprint density at radius 3 is 2.96 bits per heavy atom. The first kappa shape index (κ1) is 13.9. The van der Waals surface area contributed by atoms with Gasteiger partial charge >= 0.3 is 0 Å². The maximum atomic E-state index is 5.98. The number of hydrogen-bond donors (Lipinski definition) is 1. The molecule has 1 aliphatic rings. The summed E-state index contributed by atoms with van der Waals surface area (Å²) in [6.45, 7) is 3.62. The van der Waals surface area contributed by atoms with Crippen LogP contribution in [0.25, 0.3) is 22.4 Å². The van der Waals surface area contributed by atoms with E-state index in [4.69, 9.17) is 9.15 Å². The van der Waals surface area contributed by atoms with E-state index in [1.165, 1.54) is 21.9 Å². The Balaban J connectivity index is 1.90. The van der Waals surface area contributed by atoms with Gasteiger partial charge < -0.3 is 14.5 Å². The first-order valence-electron chi connectivity index (χ1n) is 8.02. The van der Waals surface area contributed by atoms with Gasteiger partial charge in [0.1, 0.15) is 5.75 Å². The van der Waals surface area contributed by atoms with Gasteiger partial charge in [-0.25, -0.2) is 0 Å². The molecule has 0 saturated carbocycles. The monoisotopic (exact) mass is 305 g/mol. The van der Waals surface area contributed by atoms with E-state index in [0.29, 0.717) is 0 Å². The Morgan fingerprint density at radius 1 is 1.22 bits per heavy atom. The summed E-state index contributed by atoms with van der Waals surface area (Å²) >= 11 is 0. The van der Waals surface area contributed by atoms with Gasteiger partial charge in [-0.3, -0.25) is 0 Å². The molecule has 0 atom stereocenters. The summed E-state index contributed by atoms with van der Waals surface area (Å²) in [5.74, 6) is 0.933. The van der Waals surface area contributed by atoms with Crippen LogP contribution in [0.5, 0.6) is 5.75 Å². The summed E-state index contributed by atoms with van der Waals surface area (Å²) in [4.78, 5) is 0. The molecular weight excluding hydrogens is 286 g/mol. The fourth-order valence-corrected chi connectivity index (χ4v) is 3.05. The first-order valence-corrected chi connectivity index (χ1v) is 8.02. The Hall–Kier alpha value is -2.68. The molecule has 0 spiro atoms. The minimum atomic E-state index is 0.727. The van der Waals surface area contributed by atoms with Crippen molar-refractivity contribution in [1.82, 2.24) is 0 Å². The van der Waals surface area contributed by atoms with Crippen LogP contribution in [0.3, 0.4) is 0 Å². The van der Waals surface area contributed by atoms with Crippen molar-refractivity contribution in [2.75, 3.05) is 18.5 Å². The molecule has 1 aliphatic heterocycles. The number of anilines is 1. The van der Waals surface area contributed by atoms with E-state index in [2.05, 4.69) is 48.6 Å². The highest BCUT2D eigenvalue weighted by molar-refractivity contribution is 6.04. The van der Waals surface area contributed by atoms with Gasteiger partial charge in [-0.2, -0.15) is 0 Å². The zero-order valence-electron chi connectivity index (χ0n) is 13.1. The SMILES string of the molecule is CCCOc1cc2ccccc2c2c1NCC(c1ccoc1)=C2. The lowest BCUT2D eigenvalue weighted by atomic mass is 9.95. The molecule has 3 aromatic rings. The molecule has 0 bridgehead atoms. The summed E-state index contributed by atoms with van der Waals surface area (Å²) in [6, 6.07) is 12.6. The van der Waals surface area contributed by atoms with Gasteiger partial charge in [0.25, 0.3) is 0 Å². The molecule has 116 valence electrons. The summed E-state index contributed by atoms with van der Waals surface area (Å²) in [5.41, 5.74) is 4.62. The van der Waals surface area contributed by atoms with Gasteiger partial charge in [0, 0.05) is 17.7 Å². The quantitative estimate of drug-likeness (QED) is 0.720. The van der Waals surface area contributed by atoms with E-state index >= 15 is 0 Å². The van der Waals surface area contributed by atoms with Crippen molar-refractivity contribution >= 4 is 28.1 Å². The zero-order valence-corrected chi connectivity index (χ0v) is 13.1. The maximum Gasteiger partial charge on any atom is 0.143 e. The minimum Gasteiger partial charge on any atom is -0.491 e. The number of nitrogens with one attached hydrogen (secondary N) is 1. The third kappa shape index (κ3) is 2.48. The van der Waals surface area contributed by atoms with Crippen molar-refractivity contribution in [3.63, 3.8) is 0 Å². The highest BCUT2D eigenvalue weighted by Gasteiger charge is 2.18. The molecule has 2 heterocycles. The molecule has 0 aliphatic carbocycles. The molecule has 0 radical (unpaired) electrons. The summed E-state index contributed by atoms with van der Waals surface area (Å²) in [7, 11) is 0. The van der Waals surface area contributed by atoms with Crippen LogP contribution >= 0.6 is 0 Å². The summed E-state index contributed by atoms with van der Waals surface area (Å²) in [5, 5.41) is 5.97. The molecule has 23 heavy (non-hydrogen) atoms. The van der Waals surface area contributed by atoms with E-state index in [-0.39, 0.29) is 0 Å². The van der Waals surface area contributed by atoms with Crippen molar-refractivity contribution in [2.24, 2.45) is 0 Å². The molecule has 3 nitrogen and oxygen atoms in total. The predicted molar refractivity (Wildman–Crippen MR) is 94.8 cm³/mol. The molecule has 1 aromatic heterocycles. The molecule has 2 aromatic carbocycles. The first-order chi connectivity index (χ1) is 11.4. The second-order valence-corrected chi connectivity index (χ2v) is 5.77. The topological polar surface area (TPSA) is 34.4 Å². The van der Waals surface area contributed by atoms with E-state index in [1.54, 1.807) is 12.5 Å². The largest absolute Gasteiger partial charge is 0.491 e. The number of ether oxygens (including phenoxy) is 1. The second-order valence-electron chi connectivity index (χ2n) is 5.77. The van der Waals surface area contributed by atoms with E-state index in [1.807, 2.05) is 6.07 Å². The predicted octanol–water partition coefficient (Wildman–Crippen LogP) is 5.19. The molecular formula is C20H19NO2. The smallest absolute Gasteiger partial charge is 0.143 e. The van der Waals surface area contributed by atoms with Crippen LogP contribution in [-0.4, -0.2) is 13.2 Å². The highest BCUT2D eigenvalue weighted by atomic mass is 16.5. The van der Waals surface area contributed by atoms with Crippen molar-refractivity contribution in [2.45, 2.75) is 13.3 Å². The van der Waals surface area contributed by atoms with Crippen LogP contribution in [0.1, 0.15) is 24.5 Å². The number of fused-ring (bicyclic) bond motifs is 3. The molecule has 4 rings (SSSR count). The van der Waals surface area contributed by atoms with E-state index < -0.39 is 0 Å². The lowest BCUT2D eigenvalue weighted by Gasteiger charge is -2.23. The number of benzene rings is 2. The van der Waals surface area contributed by atoms with Crippen molar-refractivity contribution in [1.29, 1.82) is 0 Å². The van der Waals surface area contributed by atoms with E-state index in [9.17, 15) is 0 Å². The number of rotatable bonds is 4. The summed E-state index contributed by atoms with van der Waals surface area (Å²) in [6.07, 6.45) is 6.75. The molecule has 0 unspecified atom stereocenters. The van der Waals surface area contributed by atoms with Gasteiger partial charge in [0.15, 0.2) is 0 Å². The van der Waals surface area contributed by atoms with Crippen LogP contribution < -0.4 is 10.1 Å². The average molecular weight is 305 g/mol. The van der Waals surface area contributed by atoms with Gasteiger partial charge in [-0.15, -0.1) is 0 Å².